The maximum atomic E-state index is 10.9. The number of nitrogens with zero attached hydrogens (tertiary/aromatic N) is 5. The van der Waals surface area contributed by atoms with E-state index >= 15 is 0 Å². The molecule has 1 atom stereocenters. The van der Waals surface area contributed by atoms with Crippen molar-refractivity contribution in [3.63, 3.8) is 0 Å². The molecule has 2 aromatic rings. The smallest absolute Gasteiger partial charge is 0.269 e. The number of aliphatic hydroxyl groups excluding tert-OH is 1. The van der Waals surface area contributed by atoms with Gasteiger partial charge in [0.25, 0.3) is 5.69 Å². The van der Waals surface area contributed by atoms with Crippen molar-refractivity contribution in [2.24, 2.45) is 0 Å². The lowest BCUT2D eigenvalue weighted by atomic mass is 10.0. The third-order valence-corrected chi connectivity index (χ3v) is 5.68. The molecular weight excluding hydrogens is 394 g/mol. The second-order valence-corrected chi connectivity index (χ2v) is 8.07. The molecule has 1 saturated heterocycles. The van der Waals surface area contributed by atoms with E-state index in [1.807, 2.05) is 19.9 Å². The number of anilines is 1. The largest absolute Gasteiger partial charge is 0.392 e. The lowest BCUT2D eigenvalue weighted by Crippen LogP contribution is -2.49. The third kappa shape index (κ3) is 6.08. The van der Waals surface area contributed by atoms with Gasteiger partial charge in [-0.25, -0.2) is 9.97 Å². The standard InChI is InChI=1S/C23H31N5O3/c1-4-5-6-21(29)16-26-11-13-27(14-12-26)23-22(17(2)24-18(3)25-23)15-19-7-9-20(10-8-19)28(30)31/h4,7-10,21,29H,1,5-6,11-16H2,2-3H3/t21-/m1/s1. The quantitative estimate of drug-likeness (QED) is 0.375. The molecule has 1 aromatic carbocycles. The van der Waals surface area contributed by atoms with Crippen molar-refractivity contribution in [3.05, 3.63) is 69.7 Å². The summed E-state index contributed by atoms with van der Waals surface area (Å²) in [6.45, 7) is 11.7. The number of aliphatic hydroxyl groups is 1. The van der Waals surface area contributed by atoms with E-state index in [4.69, 9.17) is 4.98 Å². The average molecular weight is 426 g/mol. The summed E-state index contributed by atoms with van der Waals surface area (Å²) < 4.78 is 0. The Bertz CT molecular complexity index is 908. The minimum absolute atomic E-state index is 0.0900. The van der Waals surface area contributed by atoms with Crippen LogP contribution in [0.5, 0.6) is 0 Å². The monoisotopic (exact) mass is 425 g/mol. The highest BCUT2D eigenvalue weighted by atomic mass is 16.6. The number of rotatable bonds is 9. The molecule has 31 heavy (non-hydrogen) atoms. The SMILES string of the molecule is C=CCC[C@@H](O)CN1CCN(c2nc(C)nc(C)c2Cc2ccc([N+](=O)[O-])cc2)CC1. The Hall–Kier alpha value is -2.84. The molecule has 0 unspecified atom stereocenters. The van der Waals surface area contributed by atoms with Crippen molar-refractivity contribution < 1.29 is 10.0 Å². The van der Waals surface area contributed by atoms with Gasteiger partial charge in [-0.3, -0.25) is 15.0 Å². The number of benzene rings is 1. The summed E-state index contributed by atoms with van der Waals surface area (Å²) in [5.41, 5.74) is 3.07. The molecule has 1 N–H and O–H groups in total. The Morgan fingerprint density at radius 3 is 2.48 bits per heavy atom. The Kier molecular flexibility index (Phi) is 7.70. The fourth-order valence-corrected chi connectivity index (χ4v) is 3.97. The fourth-order valence-electron chi connectivity index (χ4n) is 3.97. The number of hydrogen-bond donors (Lipinski definition) is 1. The van der Waals surface area contributed by atoms with Gasteiger partial charge in [0.1, 0.15) is 11.6 Å². The highest BCUT2D eigenvalue weighted by Crippen LogP contribution is 2.26. The molecule has 0 aliphatic carbocycles. The lowest BCUT2D eigenvalue weighted by Gasteiger charge is -2.37. The van der Waals surface area contributed by atoms with Crippen LogP contribution in [0.3, 0.4) is 0 Å². The zero-order chi connectivity index (χ0) is 22.4. The van der Waals surface area contributed by atoms with Crippen LogP contribution < -0.4 is 4.90 Å². The Balaban J connectivity index is 1.71. The summed E-state index contributed by atoms with van der Waals surface area (Å²) >= 11 is 0. The molecule has 0 radical (unpaired) electrons. The average Bonchev–Trinajstić information content (AvgIpc) is 2.75. The fraction of sp³-hybridized carbons (Fsp3) is 0.478. The molecule has 0 saturated carbocycles. The van der Waals surface area contributed by atoms with Crippen LogP contribution >= 0.6 is 0 Å². The number of non-ortho nitro benzene ring substituents is 1. The van der Waals surface area contributed by atoms with Crippen LogP contribution in [0.1, 0.15) is 35.5 Å². The topological polar surface area (TPSA) is 95.6 Å². The van der Waals surface area contributed by atoms with E-state index in [2.05, 4.69) is 21.4 Å². The van der Waals surface area contributed by atoms with Gasteiger partial charge in [0.2, 0.25) is 0 Å². The predicted octanol–water partition coefficient (Wildman–Crippen LogP) is 3.04. The zero-order valence-corrected chi connectivity index (χ0v) is 18.3. The van der Waals surface area contributed by atoms with Crippen molar-refractivity contribution in [2.45, 2.75) is 39.2 Å². The predicted molar refractivity (Wildman–Crippen MR) is 121 cm³/mol. The number of aromatic nitrogens is 2. The molecule has 8 heteroatoms. The van der Waals surface area contributed by atoms with Gasteiger partial charge >= 0.3 is 0 Å². The summed E-state index contributed by atoms with van der Waals surface area (Å²) in [5.74, 6) is 1.68. The summed E-state index contributed by atoms with van der Waals surface area (Å²) in [7, 11) is 0. The van der Waals surface area contributed by atoms with E-state index in [1.54, 1.807) is 12.1 Å². The first-order valence-electron chi connectivity index (χ1n) is 10.7. The van der Waals surface area contributed by atoms with Crippen molar-refractivity contribution in [1.29, 1.82) is 0 Å². The van der Waals surface area contributed by atoms with Gasteiger partial charge in [0, 0.05) is 62.5 Å². The highest BCUT2D eigenvalue weighted by molar-refractivity contribution is 5.52. The second-order valence-electron chi connectivity index (χ2n) is 8.07. The minimum atomic E-state index is -0.386. The van der Waals surface area contributed by atoms with Gasteiger partial charge in [-0.1, -0.05) is 18.2 Å². The van der Waals surface area contributed by atoms with E-state index in [-0.39, 0.29) is 16.7 Å². The van der Waals surface area contributed by atoms with Crippen molar-refractivity contribution in [2.75, 3.05) is 37.6 Å². The van der Waals surface area contributed by atoms with Gasteiger partial charge in [0.15, 0.2) is 0 Å². The third-order valence-electron chi connectivity index (χ3n) is 5.68. The molecule has 166 valence electrons. The summed E-state index contributed by atoms with van der Waals surface area (Å²) in [6.07, 6.45) is 3.71. The van der Waals surface area contributed by atoms with Crippen LogP contribution in [0.15, 0.2) is 36.9 Å². The molecule has 0 spiro atoms. The van der Waals surface area contributed by atoms with Crippen LogP contribution in [0.25, 0.3) is 0 Å². The normalized spacial score (nSPS) is 15.6. The molecular formula is C23H31N5O3. The minimum Gasteiger partial charge on any atom is -0.392 e. The van der Waals surface area contributed by atoms with E-state index in [0.717, 1.165) is 67.5 Å². The van der Waals surface area contributed by atoms with Gasteiger partial charge in [-0.05, 0) is 32.3 Å². The molecule has 1 fully saturated rings. The molecule has 0 amide bonds. The Morgan fingerprint density at radius 2 is 1.87 bits per heavy atom. The number of β-amino-alcohol motifs (C(OH)–C–C–N with tert-alkyl or cyclic N) is 1. The number of piperazine rings is 1. The number of nitro groups is 1. The zero-order valence-electron chi connectivity index (χ0n) is 18.3. The van der Waals surface area contributed by atoms with Gasteiger partial charge in [0.05, 0.1) is 11.0 Å². The number of hydrogen-bond acceptors (Lipinski definition) is 7. The molecule has 1 aromatic heterocycles. The van der Waals surface area contributed by atoms with Gasteiger partial charge in [-0.2, -0.15) is 0 Å². The Labute approximate surface area is 183 Å². The summed E-state index contributed by atoms with van der Waals surface area (Å²) in [4.78, 5) is 24.4. The maximum Gasteiger partial charge on any atom is 0.269 e. The molecule has 3 rings (SSSR count). The van der Waals surface area contributed by atoms with Crippen LogP contribution in [-0.2, 0) is 6.42 Å². The van der Waals surface area contributed by atoms with E-state index in [0.29, 0.717) is 13.0 Å². The number of allylic oxidation sites excluding steroid dienone is 1. The van der Waals surface area contributed by atoms with E-state index < -0.39 is 0 Å². The molecule has 1 aliphatic rings. The van der Waals surface area contributed by atoms with Gasteiger partial charge in [-0.15, -0.1) is 6.58 Å². The molecule has 8 nitrogen and oxygen atoms in total. The second kappa shape index (κ2) is 10.5. The first-order chi connectivity index (χ1) is 14.9. The van der Waals surface area contributed by atoms with Crippen molar-refractivity contribution in [3.8, 4) is 0 Å². The van der Waals surface area contributed by atoms with Gasteiger partial charge < -0.3 is 10.0 Å². The van der Waals surface area contributed by atoms with Crippen LogP contribution in [-0.4, -0.2) is 63.7 Å². The Morgan fingerprint density at radius 1 is 1.19 bits per heavy atom. The first kappa shape index (κ1) is 22.8. The highest BCUT2D eigenvalue weighted by Gasteiger charge is 2.23. The first-order valence-corrected chi connectivity index (χ1v) is 10.7. The van der Waals surface area contributed by atoms with E-state index in [9.17, 15) is 15.2 Å². The number of aryl methyl sites for hydroxylation is 2. The molecule has 0 bridgehead atoms. The van der Waals surface area contributed by atoms with Crippen LogP contribution in [0.4, 0.5) is 11.5 Å². The van der Waals surface area contributed by atoms with Crippen LogP contribution in [0, 0.1) is 24.0 Å². The summed E-state index contributed by atoms with van der Waals surface area (Å²) in [5, 5.41) is 21.1. The summed E-state index contributed by atoms with van der Waals surface area (Å²) in [6, 6.07) is 6.67. The van der Waals surface area contributed by atoms with E-state index in [1.165, 1.54) is 12.1 Å². The van der Waals surface area contributed by atoms with Crippen LogP contribution in [0.2, 0.25) is 0 Å². The van der Waals surface area contributed by atoms with Crippen molar-refractivity contribution >= 4 is 11.5 Å². The number of nitro benzene ring substituents is 1. The maximum absolute atomic E-state index is 10.9. The molecule has 1 aliphatic heterocycles. The molecule has 2 heterocycles. The lowest BCUT2D eigenvalue weighted by molar-refractivity contribution is -0.384. The van der Waals surface area contributed by atoms with Crippen molar-refractivity contribution in [1.82, 2.24) is 14.9 Å².